The minimum absolute atomic E-state index is 0.312. The van der Waals surface area contributed by atoms with Crippen molar-refractivity contribution >= 4 is 11.9 Å². The van der Waals surface area contributed by atoms with E-state index >= 15 is 0 Å². The van der Waals surface area contributed by atoms with Crippen LogP contribution < -0.4 is 5.32 Å². The standard InChI is InChI=1S/C23H32N2.C4H4O4/c1-23(2,3)18-25(21-13-15-24-16-14-21)17-20-11-7-8-12-22(20)19-9-5-4-6-10-19;5-3(6)1-2-4(7)8/h4-12,21,24H,13-18H2,1-3H3;1-2H,(H,5,6)(H,7,8)/b;2-1+. The van der Waals surface area contributed by atoms with Crippen LogP contribution in [0, 0.1) is 5.41 Å². The Labute approximate surface area is 196 Å². The summed E-state index contributed by atoms with van der Waals surface area (Å²) < 4.78 is 0. The summed E-state index contributed by atoms with van der Waals surface area (Å²) in [6.45, 7) is 11.5. The lowest BCUT2D eigenvalue weighted by Crippen LogP contribution is -2.45. The molecule has 0 saturated carbocycles. The summed E-state index contributed by atoms with van der Waals surface area (Å²) in [7, 11) is 0. The minimum atomic E-state index is -1.26. The first-order valence-corrected chi connectivity index (χ1v) is 11.4. The van der Waals surface area contributed by atoms with Crippen molar-refractivity contribution in [2.24, 2.45) is 5.41 Å². The first-order chi connectivity index (χ1) is 15.7. The highest BCUT2D eigenvalue weighted by Crippen LogP contribution is 2.28. The lowest BCUT2D eigenvalue weighted by Gasteiger charge is -2.39. The molecule has 1 fully saturated rings. The van der Waals surface area contributed by atoms with Crippen molar-refractivity contribution in [2.45, 2.75) is 46.2 Å². The van der Waals surface area contributed by atoms with Gasteiger partial charge in [-0.05, 0) is 48.0 Å². The number of piperidine rings is 1. The van der Waals surface area contributed by atoms with Crippen molar-refractivity contribution in [3.8, 4) is 11.1 Å². The van der Waals surface area contributed by atoms with Gasteiger partial charge in [0.1, 0.15) is 0 Å². The van der Waals surface area contributed by atoms with E-state index in [1.807, 2.05) is 0 Å². The fourth-order valence-corrected chi connectivity index (χ4v) is 4.01. The number of rotatable bonds is 7. The van der Waals surface area contributed by atoms with Crippen molar-refractivity contribution in [1.82, 2.24) is 10.2 Å². The van der Waals surface area contributed by atoms with Crippen molar-refractivity contribution in [3.63, 3.8) is 0 Å². The predicted octanol–water partition coefficient (Wildman–Crippen LogP) is 4.67. The Bertz CT molecular complexity index is 897. The van der Waals surface area contributed by atoms with Gasteiger partial charge in [0, 0.05) is 31.3 Å². The quantitative estimate of drug-likeness (QED) is 0.529. The first-order valence-electron chi connectivity index (χ1n) is 11.4. The molecule has 0 aromatic heterocycles. The van der Waals surface area contributed by atoms with Gasteiger partial charge in [-0.25, -0.2) is 9.59 Å². The topological polar surface area (TPSA) is 89.9 Å². The maximum atomic E-state index is 9.55. The summed E-state index contributed by atoms with van der Waals surface area (Å²) in [4.78, 5) is 21.8. The number of carboxylic acids is 2. The van der Waals surface area contributed by atoms with Gasteiger partial charge in [0.05, 0.1) is 0 Å². The van der Waals surface area contributed by atoms with Gasteiger partial charge in [-0.2, -0.15) is 0 Å². The van der Waals surface area contributed by atoms with Gasteiger partial charge in [-0.1, -0.05) is 75.4 Å². The number of nitrogens with zero attached hydrogens (tertiary/aromatic N) is 1. The van der Waals surface area contributed by atoms with E-state index < -0.39 is 11.9 Å². The molecule has 1 aliphatic heterocycles. The maximum Gasteiger partial charge on any atom is 0.328 e. The van der Waals surface area contributed by atoms with E-state index in [0.29, 0.717) is 23.6 Å². The van der Waals surface area contributed by atoms with Crippen LogP contribution in [0.4, 0.5) is 0 Å². The Balaban J connectivity index is 0.000000414. The van der Waals surface area contributed by atoms with E-state index in [1.165, 1.54) is 29.5 Å². The van der Waals surface area contributed by atoms with Crippen molar-refractivity contribution < 1.29 is 19.8 Å². The second kappa shape index (κ2) is 12.9. The molecule has 2 aromatic rings. The lowest BCUT2D eigenvalue weighted by molar-refractivity contribution is -0.134. The molecule has 33 heavy (non-hydrogen) atoms. The molecule has 0 amide bonds. The lowest BCUT2D eigenvalue weighted by atomic mass is 9.92. The molecule has 3 N–H and O–H groups in total. The number of benzene rings is 2. The summed E-state index contributed by atoms with van der Waals surface area (Å²) in [6.07, 6.45) is 3.62. The van der Waals surface area contributed by atoms with Crippen LogP contribution in [0.25, 0.3) is 11.1 Å². The molecule has 3 rings (SSSR count). The summed E-state index contributed by atoms with van der Waals surface area (Å²) in [6, 6.07) is 20.4. The second-order valence-corrected chi connectivity index (χ2v) is 9.48. The molecule has 1 heterocycles. The molecule has 1 aliphatic rings. The zero-order chi connectivity index (χ0) is 24.3. The van der Waals surface area contributed by atoms with Gasteiger partial charge in [0.2, 0.25) is 0 Å². The van der Waals surface area contributed by atoms with E-state index in [9.17, 15) is 9.59 Å². The van der Waals surface area contributed by atoms with Crippen LogP contribution >= 0.6 is 0 Å². The summed E-state index contributed by atoms with van der Waals surface area (Å²) in [5.41, 5.74) is 4.44. The van der Waals surface area contributed by atoms with Crippen LogP contribution in [0.3, 0.4) is 0 Å². The zero-order valence-electron chi connectivity index (χ0n) is 19.8. The molecule has 0 atom stereocenters. The Morgan fingerprint density at radius 2 is 1.48 bits per heavy atom. The number of aliphatic carboxylic acids is 2. The Hall–Kier alpha value is -2.96. The zero-order valence-corrected chi connectivity index (χ0v) is 19.8. The van der Waals surface area contributed by atoms with Gasteiger partial charge < -0.3 is 15.5 Å². The van der Waals surface area contributed by atoms with Crippen molar-refractivity contribution in [3.05, 3.63) is 72.3 Å². The highest BCUT2D eigenvalue weighted by atomic mass is 16.4. The van der Waals surface area contributed by atoms with Crippen LogP contribution in [-0.4, -0.2) is 52.7 Å². The fourth-order valence-electron chi connectivity index (χ4n) is 4.01. The van der Waals surface area contributed by atoms with Crippen LogP contribution in [0.1, 0.15) is 39.2 Å². The van der Waals surface area contributed by atoms with E-state index in [2.05, 4.69) is 85.6 Å². The summed E-state index contributed by atoms with van der Waals surface area (Å²) >= 11 is 0. The van der Waals surface area contributed by atoms with Gasteiger partial charge >= 0.3 is 11.9 Å². The molecule has 0 radical (unpaired) electrons. The SMILES string of the molecule is CC(C)(C)CN(Cc1ccccc1-c1ccccc1)C1CCNCC1.O=C(O)/C=C/C(=O)O. The molecular formula is C27H36N2O4. The molecular weight excluding hydrogens is 416 g/mol. The highest BCUT2D eigenvalue weighted by molar-refractivity contribution is 5.89. The molecule has 0 bridgehead atoms. The highest BCUT2D eigenvalue weighted by Gasteiger charge is 2.25. The molecule has 0 unspecified atom stereocenters. The third-order valence-electron chi connectivity index (χ3n) is 5.35. The first kappa shape index (κ1) is 26.3. The Morgan fingerprint density at radius 3 is 2.03 bits per heavy atom. The van der Waals surface area contributed by atoms with Gasteiger partial charge in [-0.15, -0.1) is 0 Å². The molecule has 2 aromatic carbocycles. The van der Waals surface area contributed by atoms with E-state index in [1.54, 1.807) is 0 Å². The number of nitrogens with one attached hydrogen (secondary N) is 1. The monoisotopic (exact) mass is 452 g/mol. The largest absolute Gasteiger partial charge is 0.478 e. The van der Waals surface area contributed by atoms with Crippen LogP contribution in [0.2, 0.25) is 0 Å². The van der Waals surface area contributed by atoms with Crippen LogP contribution in [0.15, 0.2) is 66.7 Å². The Kier molecular flexibility index (Phi) is 10.3. The Morgan fingerprint density at radius 1 is 0.939 bits per heavy atom. The number of hydrogen-bond acceptors (Lipinski definition) is 4. The summed E-state index contributed by atoms with van der Waals surface area (Å²) in [5, 5.41) is 19.1. The molecule has 6 heteroatoms. The van der Waals surface area contributed by atoms with Crippen LogP contribution in [-0.2, 0) is 16.1 Å². The predicted molar refractivity (Wildman–Crippen MR) is 132 cm³/mol. The smallest absolute Gasteiger partial charge is 0.328 e. The second-order valence-electron chi connectivity index (χ2n) is 9.48. The van der Waals surface area contributed by atoms with Gasteiger partial charge in [0.15, 0.2) is 0 Å². The average molecular weight is 453 g/mol. The van der Waals surface area contributed by atoms with Crippen molar-refractivity contribution in [1.29, 1.82) is 0 Å². The number of carboxylic acid groups (broad SMARTS) is 2. The van der Waals surface area contributed by atoms with Crippen molar-refractivity contribution in [2.75, 3.05) is 19.6 Å². The van der Waals surface area contributed by atoms with Gasteiger partial charge in [0.25, 0.3) is 0 Å². The third-order valence-corrected chi connectivity index (χ3v) is 5.35. The molecule has 0 aliphatic carbocycles. The minimum Gasteiger partial charge on any atom is -0.478 e. The molecule has 178 valence electrons. The number of hydrogen-bond donors (Lipinski definition) is 3. The van der Waals surface area contributed by atoms with E-state index in [4.69, 9.17) is 10.2 Å². The normalized spacial score (nSPS) is 14.7. The molecule has 1 saturated heterocycles. The molecule has 0 spiro atoms. The average Bonchev–Trinajstić information content (AvgIpc) is 2.78. The van der Waals surface area contributed by atoms with Gasteiger partial charge in [-0.3, -0.25) is 4.90 Å². The fraction of sp³-hybridized carbons (Fsp3) is 0.407. The van der Waals surface area contributed by atoms with Crippen LogP contribution in [0.5, 0.6) is 0 Å². The maximum absolute atomic E-state index is 9.55. The van der Waals surface area contributed by atoms with E-state index in [-0.39, 0.29) is 0 Å². The summed E-state index contributed by atoms with van der Waals surface area (Å²) in [5.74, 6) is -2.51. The third kappa shape index (κ3) is 10.0. The number of carbonyl (C=O) groups is 2. The van der Waals surface area contributed by atoms with E-state index in [0.717, 1.165) is 26.2 Å². The molecule has 6 nitrogen and oxygen atoms in total.